The van der Waals surface area contributed by atoms with Crippen LogP contribution in [0.4, 0.5) is 18.9 Å². The zero-order valence-electron chi connectivity index (χ0n) is 10.8. The number of fused-ring (bicyclic) bond motifs is 1. The van der Waals surface area contributed by atoms with Gasteiger partial charge in [-0.15, -0.1) is 0 Å². The standard InChI is InChI=1S/C15H7ClF3NO2/c16-11-3-1-2-10-13(11)20(22)12(14(10)21)8-4-6-9(7-5-8)15(17,18)19/h1-7H. The topological polar surface area (TPSA) is 43.1 Å². The molecule has 3 nitrogen and oxygen atoms in total. The molecule has 1 aliphatic rings. The molecule has 0 spiro atoms. The third kappa shape index (κ3) is 2.16. The van der Waals surface area contributed by atoms with Crippen LogP contribution in [0.25, 0.3) is 0 Å². The summed E-state index contributed by atoms with van der Waals surface area (Å²) in [5.41, 5.74) is -0.825. The van der Waals surface area contributed by atoms with Crippen LogP contribution >= 0.6 is 11.6 Å². The number of Topliss-reactive ketones (excluding diaryl/α,β-unsaturated/α-hetero) is 1. The molecule has 22 heavy (non-hydrogen) atoms. The first-order valence-electron chi connectivity index (χ1n) is 6.16. The average Bonchev–Trinajstić information content (AvgIpc) is 2.71. The lowest BCUT2D eigenvalue weighted by Crippen LogP contribution is -2.17. The molecule has 2 aromatic rings. The number of benzene rings is 2. The van der Waals surface area contributed by atoms with Gasteiger partial charge in [0, 0.05) is 0 Å². The minimum absolute atomic E-state index is 0.0177. The van der Waals surface area contributed by atoms with Gasteiger partial charge in [0.15, 0.2) is 0 Å². The van der Waals surface area contributed by atoms with E-state index >= 15 is 0 Å². The van der Waals surface area contributed by atoms with Crippen molar-refractivity contribution in [3.05, 3.63) is 69.4 Å². The summed E-state index contributed by atoms with van der Waals surface area (Å²) in [6, 6.07) is 8.30. The second kappa shape index (κ2) is 4.84. The minimum atomic E-state index is -4.48. The van der Waals surface area contributed by atoms with E-state index in [1.807, 2.05) is 0 Å². The van der Waals surface area contributed by atoms with Gasteiger partial charge in [0.1, 0.15) is 10.6 Å². The number of hydrogen-bond acceptors (Lipinski definition) is 2. The molecule has 1 aliphatic heterocycles. The Balaban J connectivity index is 2.10. The molecule has 0 bridgehead atoms. The highest BCUT2D eigenvalue weighted by molar-refractivity contribution is 6.53. The summed E-state index contributed by atoms with van der Waals surface area (Å²) in [6.45, 7) is 0. The van der Waals surface area contributed by atoms with Crippen LogP contribution in [-0.2, 0) is 6.18 Å². The number of rotatable bonds is 1. The van der Waals surface area contributed by atoms with E-state index in [2.05, 4.69) is 0 Å². The van der Waals surface area contributed by atoms with Crippen LogP contribution in [0.5, 0.6) is 0 Å². The lowest BCUT2D eigenvalue weighted by atomic mass is 10.0. The number of para-hydroxylation sites is 1. The molecular formula is C15H7ClF3NO2. The van der Waals surface area contributed by atoms with Crippen molar-refractivity contribution in [1.82, 2.24) is 0 Å². The Hall–Kier alpha value is -2.34. The summed E-state index contributed by atoms with van der Waals surface area (Å²) < 4.78 is 38.0. The Bertz CT molecular complexity index is 811. The number of hydrogen-bond donors (Lipinski definition) is 0. The summed E-state index contributed by atoms with van der Waals surface area (Å²) in [4.78, 5) is 12.3. The Morgan fingerprint density at radius 1 is 1.05 bits per heavy atom. The monoisotopic (exact) mass is 325 g/mol. The van der Waals surface area contributed by atoms with Gasteiger partial charge in [-0.2, -0.15) is 17.9 Å². The molecule has 0 aliphatic carbocycles. The predicted molar refractivity (Wildman–Crippen MR) is 74.6 cm³/mol. The average molecular weight is 326 g/mol. The molecule has 0 N–H and O–H groups in total. The maximum Gasteiger partial charge on any atom is 0.416 e. The van der Waals surface area contributed by atoms with E-state index in [-0.39, 0.29) is 27.5 Å². The number of ketones is 1. The van der Waals surface area contributed by atoms with Crippen LogP contribution in [0.1, 0.15) is 21.5 Å². The van der Waals surface area contributed by atoms with Gasteiger partial charge >= 0.3 is 6.18 Å². The Labute approximate surface area is 127 Å². The normalized spacial score (nSPS) is 14.5. The molecule has 0 radical (unpaired) electrons. The second-order valence-corrected chi connectivity index (χ2v) is 5.09. The lowest BCUT2D eigenvalue weighted by Gasteiger charge is -2.07. The van der Waals surface area contributed by atoms with Crippen molar-refractivity contribution in [3.63, 3.8) is 0 Å². The molecule has 0 saturated heterocycles. The van der Waals surface area contributed by atoms with Gasteiger partial charge < -0.3 is 5.21 Å². The molecule has 1 heterocycles. The molecule has 7 heteroatoms. The number of alkyl halides is 3. The highest BCUT2D eigenvalue weighted by Gasteiger charge is 2.38. The van der Waals surface area contributed by atoms with Crippen LogP contribution in [0.3, 0.4) is 0 Å². The molecule has 2 aromatic carbocycles. The fourth-order valence-corrected chi connectivity index (χ4v) is 2.55. The third-order valence-corrected chi connectivity index (χ3v) is 3.64. The summed E-state index contributed by atoms with van der Waals surface area (Å²) in [5.74, 6) is -0.563. The molecule has 0 fully saturated rings. The van der Waals surface area contributed by atoms with Gasteiger partial charge in [-0.05, 0) is 36.4 Å². The van der Waals surface area contributed by atoms with Crippen LogP contribution in [0, 0.1) is 5.21 Å². The number of nitrogens with zero attached hydrogens (tertiary/aromatic N) is 1. The molecular weight excluding hydrogens is 319 g/mol. The van der Waals surface area contributed by atoms with E-state index in [1.54, 1.807) is 0 Å². The summed E-state index contributed by atoms with van der Waals surface area (Å²) >= 11 is 5.91. The van der Waals surface area contributed by atoms with Crippen LogP contribution in [-0.4, -0.2) is 16.2 Å². The van der Waals surface area contributed by atoms with E-state index in [4.69, 9.17) is 11.6 Å². The number of carbonyl (C=O) groups excluding carboxylic acids is 1. The zero-order valence-corrected chi connectivity index (χ0v) is 11.6. The summed E-state index contributed by atoms with van der Waals surface area (Å²) in [5, 5.41) is 12.4. The van der Waals surface area contributed by atoms with E-state index in [9.17, 15) is 23.2 Å². The predicted octanol–water partition coefficient (Wildman–Crippen LogP) is 4.19. The first kappa shape index (κ1) is 14.6. The molecule has 3 rings (SSSR count). The van der Waals surface area contributed by atoms with Gasteiger partial charge in [0.25, 0.3) is 11.5 Å². The van der Waals surface area contributed by atoms with Crippen LogP contribution in [0.15, 0.2) is 42.5 Å². The van der Waals surface area contributed by atoms with Crippen molar-refractivity contribution in [3.8, 4) is 0 Å². The summed E-state index contributed by atoms with van der Waals surface area (Å²) in [7, 11) is 0. The van der Waals surface area contributed by atoms with Crippen molar-refractivity contribution >= 4 is 28.8 Å². The highest BCUT2D eigenvalue weighted by Crippen LogP contribution is 2.35. The molecule has 0 saturated carbocycles. The lowest BCUT2D eigenvalue weighted by molar-refractivity contribution is -0.355. The van der Waals surface area contributed by atoms with E-state index < -0.39 is 17.5 Å². The van der Waals surface area contributed by atoms with Gasteiger partial charge in [-0.3, -0.25) is 4.79 Å². The van der Waals surface area contributed by atoms with Crippen molar-refractivity contribution in [2.75, 3.05) is 0 Å². The first-order valence-corrected chi connectivity index (χ1v) is 6.53. The van der Waals surface area contributed by atoms with E-state index in [0.717, 1.165) is 24.3 Å². The van der Waals surface area contributed by atoms with E-state index in [0.29, 0.717) is 4.74 Å². The number of carbonyl (C=O) groups is 1. The fourth-order valence-electron chi connectivity index (χ4n) is 2.30. The molecule has 0 aromatic heterocycles. The Morgan fingerprint density at radius 2 is 1.68 bits per heavy atom. The Kier molecular flexibility index (Phi) is 3.21. The maximum atomic E-state index is 12.6. The van der Waals surface area contributed by atoms with Crippen molar-refractivity contribution < 1.29 is 22.7 Å². The van der Waals surface area contributed by atoms with Gasteiger partial charge in [-0.1, -0.05) is 17.7 Å². The van der Waals surface area contributed by atoms with E-state index in [1.165, 1.54) is 18.2 Å². The van der Waals surface area contributed by atoms with Gasteiger partial charge in [0.2, 0.25) is 5.69 Å². The van der Waals surface area contributed by atoms with Crippen molar-refractivity contribution in [1.29, 1.82) is 0 Å². The molecule has 0 atom stereocenters. The summed E-state index contributed by atoms with van der Waals surface area (Å²) in [6.07, 6.45) is -4.48. The van der Waals surface area contributed by atoms with Gasteiger partial charge in [-0.25, -0.2) is 0 Å². The van der Waals surface area contributed by atoms with Crippen molar-refractivity contribution in [2.24, 2.45) is 0 Å². The van der Waals surface area contributed by atoms with Gasteiger partial charge in [0.05, 0.1) is 11.1 Å². The molecule has 112 valence electrons. The second-order valence-electron chi connectivity index (χ2n) is 4.68. The quantitative estimate of drug-likeness (QED) is 0.583. The fraction of sp³-hybridized carbons (Fsp3) is 0.0667. The smallest absolute Gasteiger partial charge is 0.416 e. The first-order chi connectivity index (χ1) is 10.3. The molecule has 0 unspecified atom stereocenters. The molecule has 0 amide bonds. The van der Waals surface area contributed by atoms with Crippen LogP contribution in [0.2, 0.25) is 5.02 Å². The largest absolute Gasteiger partial charge is 0.618 e. The zero-order chi connectivity index (χ0) is 16.1. The maximum absolute atomic E-state index is 12.6. The number of halogens is 4. The third-order valence-electron chi connectivity index (χ3n) is 3.34. The van der Waals surface area contributed by atoms with Crippen molar-refractivity contribution in [2.45, 2.75) is 6.18 Å². The van der Waals surface area contributed by atoms with Crippen LogP contribution < -0.4 is 0 Å². The Morgan fingerprint density at radius 3 is 2.23 bits per heavy atom. The minimum Gasteiger partial charge on any atom is -0.618 e. The highest BCUT2D eigenvalue weighted by atomic mass is 35.5. The SMILES string of the molecule is O=C1C(c2ccc(C(F)(F)F)cc2)=[N+]([O-])c2c(Cl)cccc21.